The topological polar surface area (TPSA) is 93.3 Å². The molecule has 0 atom stereocenters. The molecule has 1 aromatic heterocycles. The van der Waals surface area contributed by atoms with Crippen molar-refractivity contribution in [2.75, 3.05) is 18.4 Å². The van der Waals surface area contributed by atoms with Crippen molar-refractivity contribution in [3.63, 3.8) is 0 Å². The normalized spacial score (nSPS) is 14.5. The number of carbonyl (C=O) groups is 1. The summed E-state index contributed by atoms with van der Waals surface area (Å²) in [6.07, 6.45) is 2.47. The molecule has 1 fully saturated rings. The zero-order valence-corrected chi connectivity index (χ0v) is 15.6. The Morgan fingerprint density at radius 1 is 1.21 bits per heavy atom. The second-order valence-corrected chi connectivity index (χ2v) is 7.04. The summed E-state index contributed by atoms with van der Waals surface area (Å²) in [7, 11) is 2.00. The number of imidazole rings is 1. The summed E-state index contributed by atoms with van der Waals surface area (Å²) >= 11 is 0. The van der Waals surface area contributed by atoms with Gasteiger partial charge in [-0.25, -0.2) is 4.98 Å². The number of nitrogens with one attached hydrogen (secondary N) is 1. The minimum atomic E-state index is -0.515. The largest absolute Gasteiger partial charge is 0.330 e. The van der Waals surface area contributed by atoms with Crippen molar-refractivity contribution in [2.24, 2.45) is 7.05 Å². The summed E-state index contributed by atoms with van der Waals surface area (Å²) in [5, 5.41) is 13.7. The fourth-order valence-electron chi connectivity index (χ4n) is 3.57. The van der Waals surface area contributed by atoms with Crippen molar-refractivity contribution in [3.05, 3.63) is 64.0 Å². The van der Waals surface area contributed by atoms with Gasteiger partial charge in [-0.2, -0.15) is 0 Å². The van der Waals surface area contributed by atoms with Crippen LogP contribution in [-0.2, 0) is 13.6 Å². The van der Waals surface area contributed by atoms with Crippen molar-refractivity contribution < 1.29 is 9.72 Å². The fourth-order valence-corrected chi connectivity index (χ4v) is 3.57. The van der Waals surface area contributed by atoms with Gasteiger partial charge in [0.05, 0.1) is 22.5 Å². The molecule has 0 saturated carbocycles. The van der Waals surface area contributed by atoms with Crippen LogP contribution in [0.1, 0.15) is 29.0 Å². The van der Waals surface area contributed by atoms with Gasteiger partial charge in [-0.1, -0.05) is 6.07 Å². The molecule has 1 aliphatic heterocycles. The fraction of sp³-hybridized carbons (Fsp3) is 0.300. The Kier molecular flexibility index (Phi) is 4.79. The minimum absolute atomic E-state index is 0.112. The van der Waals surface area contributed by atoms with E-state index in [1.54, 1.807) is 6.07 Å². The number of anilines is 1. The van der Waals surface area contributed by atoms with E-state index in [9.17, 15) is 14.9 Å². The van der Waals surface area contributed by atoms with E-state index < -0.39 is 10.8 Å². The van der Waals surface area contributed by atoms with E-state index in [0.29, 0.717) is 5.69 Å². The number of amides is 1. The van der Waals surface area contributed by atoms with Crippen LogP contribution in [0.3, 0.4) is 0 Å². The highest BCUT2D eigenvalue weighted by Gasteiger charge is 2.17. The van der Waals surface area contributed by atoms with E-state index in [1.807, 2.05) is 25.2 Å². The highest BCUT2D eigenvalue weighted by Crippen LogP contribution is 2.22. The lowest BCUT2D eigenvalue weighted by molar-refractivity contribution is -0.384. The molecule has 2 heterocycles. The van der Waals surface area contributed by atoms with Gasteiger partial charge in [0.25, 0.3) is 11.6 Å². The van der Waals surface area contributed by atoms with Gasteiger partial charge in [-0.15, -0.1) is 0 Å². The molecule has 3 aromatic rings. The first kappa shape index (κ1) is 18.1. The molecule has 1 aliphatic rings. The first-order valence-corrected chi connectivity index (χ1v) is 9.25. The predicted molar refractivity (Wildman–Crippen MR) is 106 cm³/mol. The summed E-state index contributed by atoms with van der Waals surface area (Å²) < 4.78 is 2.08. The molecule has 8 nitrogen and oxygen atoms in total. The number of nitro benzene ring substituents is 1. The Morgan fingerprint density at radius 2 is 2.00 bits per heavy atom. The van der Waals surface area contributed by atoms with Gasteiger partial charge in [0, 0.05) is 30.4 Å². The van der Waals surface area contributed by atoms with Crippen LogP contribution in [0.4, 0.5) is 11.4 Å². The molecule has 28 heavy (non-hydrogen) atoms. The molecule has 0 spiro atoms. The standard InChI is InChI=1S/C20H21N5O3/c1-23-18-8-7-15(12-17(18)22-19(23)13-24-9-2-3-10-24)21-20(26)14-5-4-6-16(11-14)25(27)28/h4-8,11-12H,2-3,9-10,13H2,1H3,(H,21,26). The van der Waals surface area contributed by atoms with Crippen LogP contribution < -0.4 is 5.32 Å². The average Bonchev–Trinajstić information content (AvgIpc) is 3.30. The maximum atomic E-state index is 12.5. The van der Waals surface area contributed by atoms with Crippen LogP contribution in [0, 0.1) is 10.1 Å². The summed E-state index contributed by atoms with van der Waals surface area (Å²) in [6.45, 7) is 3.03. The summed E-state index contributed by atoms with van der Waals surface area (Å²) in [5.41, 5.74) is 2.55. The molecule has 4 rings (SSSR count). The third-order valence-electron chi connectivity index (χ3n) is 5.11. The molecule has 0 bridgehead atoms. The summed E-state index contributed by atoms with van der Waals surface area (Å²) in [5.74, 6) is 0.607. The van der Waals surface area contributed by atoms with Crippen LogP contribution >= 0.6 is 0 Å². The molecule has 1 amide bonds. The second-order valence-electron chi connectivity index (χ2n) is 7.04. The maximum absolute atomic E-state index is 12.5. The van der Waals surface area contributed by atoms with E-state index in [4.69, 9.17) is 4.98 Å². The van der Waals surface area contributed by atoms with E-state index in [-0.39, 0.29) is 11.3 Å². The zero-order chi connectivity index (χ0) is 19.7. The third-order valence-corrected chi connectivity index (χ3v) is 5.11. The van der Waals surface area contributed by atoms with E-state index in [0.717, 1.165) is 36.5 Å². The monoisotopic (exact) mass is 379 g/mol. The lowest BCUT2D eigenvalue weighted by atomic mass is 10.2. The highest BCUT2D eigenvalue weighted by atomic mass is 16.6. The smallest absolute Gasteiger partial charge is 0.270 e. The maximum Gasteiger partial charge on any atom is 0.270 e. The van der Waals surface area contributed by atoms with Crippen molar-refractivity contribution >= 4 is 28.3 Å². The quantitative estimate of drug-likeness (QED) is 0.542. The van der Waals surface area contributed by atoms with Gasteiger partial charge in [-0.05, 0) is 50.2 Å². The van der Waals surface area contributed by atoms with E-state index in [1.165, 1.54) is 31.0 Å². The number of likely N-dealkylation sites (tertiary alicyclic amines) is 1. The minimum Gasteiger partial charge on any atom is -0.330 e. The van der Waals surface area contributed by atoms with Crippen LogP contribution in [0.15, 0.2) is 42.5 Å². The Morgan fingerprint density at radius 3 is 2.75 bits per heavy atom. The SMILES string of the molecule is Cn1c(CN2CCCC2)nc2cc(NC(=O)c3cccc([N+](=O)[O-])c3)ccc21. The Balaban J connectivity index is 1.55. The molecule has 0 aliphatic carbocycles. The van der Waals surface area contributed by atoms with E-state index >= 15 is 0 Å². The van der Waals surface area contributed by atoms with Crippen LogP contribution in [0.5, 0.6) is 0 Å². The van der Waals surface area contributed by atoms with Crippen LogP contribution in [0.2, 0.25) is 0 Å². The van der Waals surface area contributed by atoms with Crippen LogP contribution in [0.25, 0.3) is 11.0 Å². The highest BCUT2D eigenvalue weighted by molar-refractivity contribution is 6.05. The van der Waals surface area contributed by atoms with Crippen LogP contribution in [-0.4, -0.2) is 38.4 Å². The van der Waals surface area contributed by atoms with Crippen molar-refractivity contribution in [1.82, 2.24) is 14.5 Å². The molecule has 144 valence electrons. The first-order valence-electron chi connectivity index (χ1n) is 9.25. The predicted octanol–water partition coefficient (Wildman–Crippen LogP) is 3.33. The van der Waals surface area contributed by atoms with Gasteiger partial charge in [0.1, 0.15) is 5.82 Å². The number of nitro groups is 1. The molecular weight excluding hydrogens is 358 g/mol. The number of carbonyl (C=O) groups excluding carboxylic acids is 1. The number of fused-ring (bicyclic) bond motifs is 1. The molecule has 0 radical (unpaired) electrons. The van der Waals surface area contributed by atoms with Gasteiger partial charge >= 0.3 is 0 Å². The van der Waals surface area contributed by atoms with Crippen molar-refractivity contribution in [3.8, 4) is 0 Å². The van der Waals surface area contributed by atoms with Gasteiger partial charge in [-0.3, -0.25) is 19.8 Å². The van der Waals surface area contributed by atoms with Gasteiger partial charge in [0.15, 0.2) is 0 Å². The molecular formula is C20H21N5O3. The number of hydrogen-bond acceptors (Lipinski definition) is 5. The lowest BCUT2D eigenvalue weighted by Crippen LogP contribution is -2.20. The lowest BCUT2D eigenvalue weighted by Gasteiger charge is -2.13. The van der Waals surface area contributed by atoms with Crippen molar-refractivity contribution in [2.45, 2.75) is 19.4 Å². The number of benzene rings is 2. The summed E-state index contributed by atoms with van der Waals surface area (Å²) in [4.78, 5) is 30.0. The molecule has 1 saturated heterocycles. The zero-order valence-electron chi connectivity index (χ0n) is 15.6. The number of aryl methyl sites for hydroxylation is 1. The average molecular weight is 379 g/mol. The molecule has 0 unspecified atom stereocenters. The molecule has 2 aromatic carbocycles. The number of aromatic nitrogens is 2. The van der Waals surface area contributed by atoms with E-state index in [2.05, 4.69) is 14.8 Å². The molecule has 8 heteroatoms. The Labute approximate surface area is 161 Å². The number of nitrogens with zero attached hydrogens (tertiary/aromatic N) is 4. The number of non-ortho nitro benzene ring substituents is 1. The Hall–Kier alpha value is -3.26. The summed E-state index contributed by atoms with van der Waals surface area (Å²) in [6, 6.07) is 11.3. The third kappa shape index (κ3) is 3.59. The second kappa shape index (κ2) is 7.40. The Bertz CT molecular complexity index is 1050. The van der Waals surface area contributed by atoms with Crippen molar-refractivity contribution in [1.29, 1.82) is 0 Å². The number of hydrogen-bond donors (Lipinski definition) is 1. The first-order chi connectivity index (χ1) is 13.5. The number of rotatable bonds is 5. The van der Waals surface area contributed by atoms with Gasteiger partial charge in [0.2, 0.25) is 0 Å². The molecule has 1 N–H and O–H groups in total. The van der Waals surface area contributed by atoms with Gasteiger partial charge < -0.3 is 9.88 Å².